The predicted molar refractivity (Wildman–Crippen MR) is 152 cm³/mol. The number of phenolic OH excluding ortho intramolecular Hbond substituents is 1. The van der Waals surface area contributed by atoms with Crippen LogP contribution in [0.25, 0.3) is 15.9 Å². The molecule has 0 spiro atoms. The van der Waals surface area contributed by atoms with E-state index in [2.05, 4.69) is 10.5 Å². The Bertz CT molecular complexity index is 1570. The zero-order valence-corrected chi connectivity index (χ0v) is 22.8. The van der Waals surface area contributed by atoms with Crippen LogP contribution in [0.3, 0.4) is 0 Å². The molecule has 38 heavy (non-hydrogen) atoms. The highest BCUT2D eigenvalue weighted by molar-refractivity contribution is 7.99. The fraction of sp³-hybridized carbons (Fsp3) is 0.286. The minimum Gasteiger partial charge on any atom is -0.504 e. The molecule has 2 aromatic heterocycles. The van der Waals surface area contributed by atoms with Crippen molar-refractivity contribution in [1.29, 1.82) is 0 Å². The van der Waals surface area contributed by atoms with Crippen LogP contribution in [0.4, 0.5) is 0 Å². The molecule has 1 amide bonds. The number of aromatic nitrogens is 2. The summed E-state index contributed by atoms with van der Waals surface area (Å²) in [5.74, 6) is 0.0982. The van der Waals surface area contributed by atoms with E-state index >= 15 is 0 Å². The molecule has 2 aromatic carbocycles. The third kappa shape index (κ3) is 5.46. The fourth-order valence-corrected chi connectivity index (χ4v) is 6.54. The summed E-state index contributed by atoms with van der Waals surface area (Å²) >= 11 is 2.80. The van der Waals surface area contributed by atoms with Gasteiger partial charge in [-0.25, -0.2) is 10.4 Å². The molecule has 5 rings (SSSR count). The van der Waals surface area contributed by atoms with Crippen molar-refractivity contribution in [3.05, 3.63) is 74.4 Å². The van der Waals surface area contributed by atoms with Gasteiger partial charge in [0.15, 0.2) is 16.7 Å². The highest BCUT2D eigenvalue weighted by atomic mass is 32.2. The monoisotopic (exact) mass is 548 g/mol. The Morgan fingerprint density at radius 1 is 1.24 bits per heavy atom. The Morgan fingerprint density at radius 2 is 2.03 bits per heavy atom. The van der Waals surface area contributed by atoms with E-state index in [9.17, 15) is 14.7 Å². The number of hydrogen-bond acceptors (Lipinski definition) is 8. The van der Waals surface area contributed by atoms with E-state index in [4.69, 9.17) is 9.72 Å². The summed E-state index contributed by atoms with van der Waals surface area (Å²) in [4.78, 5) is 33.3. The van der Waals surface area contributed by atoms with Gasteiger partial charge in [0.1, 0.15) is 4.83 Å². The molecule has 2 heterocycles. The summed E-state index contributed by atoms with van der Waals surface area (Å²) in [5.41, 5.74) is 6.06. The summed E-state index contributed by atoms with van der Waals surface area (Å²) < 4.78 is 7.00. The zero-order valence-electron chi connectivity index (χ0n) is 21.2. The SMILES string of the molecule is CCOc1cc(/C=N/NC(=O)CSc2nc3sc4c(c3c(=O)n2-c2ccc(C)cc2)CCCC4)ccc1O. The van der Waals surface area contributed by atoms with Gasteiger partial charge in [-0.2, -0.15) is 5.10 Å². The molecule has 0 radical (unpaired) electrons. The lowest BCUT2D eigenvalue weighted by atomic mass is 9.97. The van der Waals surface area contributed by atoms with E-state index < -0.39 is 0 Å². The minimum atomic E-state index is -0.328. The van der Waals surface area contributed by atoms with Crippen molar-refractivity contribution in [3.8, 4) is 17.2 Å². The smallest absolute Gasteiger partial charge is 0.267 e. The molecule has 10 heteroatoms. The van der Waals surface area contributed by atoms with Gasteiger partial charge in [-0.3, -0.25) is 14.2 Å². The number of fused-ring (bicyclic) bond motifs is 3. The number of thioether (sulfide) groups is 1. The van der Waals surface area contributed by atoms with Gasteiger partial charge < -0.3 is 9.84 Å². The maximum atomic E-state index is 13.8. The number of thiophene rings is 1. The van der Waals surface area contributed by atoms with E-state index in [-0.39, 0.29) is 23.0 Å². The first-order valence-electron chi connectivity index (χ1n) is 12.5. The molecule has 0 saturated carbocycles. The van der Waals surface area contributed by atoms with Crippen LogP contribution >= 0.6 is 23.1 Å². The van der Waals surface area contributed by atoms with Gasteiger partial charge in [0, 0.05) is 4.88 Å². The number of aryl methyl sites for hydroxylation is 3. The Hall–Kier alpha value is -3.63. The highest BCUT2D eigenvalue weighted by Crippen LogP contribution is 2.35. The minimum absolute atomic E-state index is 0.0337. The van der Waals surface area contributed by atoms with Crippen molar-refractivity contribution in [2.24, 2.45) is 5.10 Å². The van der Waals surface area contributed by atoms with Gasteiger partial charge in [-0.05, 0) is 81.0 Å². The molecule has 0 saturated heterocycles. The Morgan fingerprint density at radius 3 is 2.82 bits per heavy atom. The number of ether oxygens (including phenoxy) is 1. The molecule has 2 N–H and O–H groups in total. The van der Waals surface area contributed by atoms with E-state index in [1.165, 1.54) is 28.9 Å². The van der Waals surface area contributed by atoms with E-state index in [1.54, 1.807) is 28.0 Å². The Kier molecular flexibility index (Phi) is 7.80. The van der Waals surface area contributed by atoms with Gasteiger partial charge in [0.25, 0.3) is 11.5 Å². The fourth-order valence-electron chi connectivity index (χ4n) is 4.43. The topological polar surface area (TPSA) is 106 Å². The number of phenols is 1. The molecule has 4 aromatic rings. The number of carbonyl (C=O) groups excluding carboxylic acids is 1. The largest absolute Gasteiger partial charge is 0.504 e. The van der Waals surface area contributed by atoms with Crippen molar-refractivity contribution in [2.45, 2.75) is 44.7 Å². The number of rotatable bonds is 8. The summed E-state index contributed by atoms with van der Waals surface area (Å²) in [5, 5.41) is 15.1. The molecular weight excluding hydrogens is 520 g/mol. The van der Waals surface area contributed by atoms with Crippen molar-refractivity contribution >= 4 is 45.4 Å². The molecule has 196 valence electrons. The third-order valence-corrected chi connectivity index (χ3v) is 8.39. The lowest BCUT2D eigenvalue weighted by molar-refractivity contribution is -0.118. The maximum absolute atomic E-state index is 13.8. The number of nitrogens with one attached hydrogen (secondary N) is 1. The van der Waals surface area contributed by atoms with Gasteiger partial charge in [-0.1, -0.05) is 29.5 Å². The normalized spacial score (nSPS) is 13.1. The first-order valence-corrected chi connectivity index (χ1v) is 14.3. The van der Waals surface area contributed by atoms with Gasteiger partial charge >= 0.3 is 0 Å². The van der Waals surface area contributed by atoms with Gasteiger partial charge in [0.05, 0.1) is 29.6 Å². The van der Waals surface area contributed by atoms with Crippen LogP contribution in [-0.2, 0) is 17.6 Å². The summed E-state index contributed by atoms with van der Waals surface area (Å²) in [6.07, 6.45) is 5.58. The summed E-state index contributed by atoms with van der Waals surface area (Å²) in [6.45, 7) is 4.25. The zero-order chi connectivity index (χ0) is 26.6. The van der Waals surface area contributed by atoms with Crippen LogP contribution in [0, 0.1) is 6.92 Å². The molecule has 0 unspecified atom stereocenters. The molecule has 0 fully saturated rings. The van der Waals surface area contributed by atoms with Crippen LogP contribution in [0.15, 0.2) is 57.5 Å². The second kappa shape index (κ2) is 11.4. The number of nitrogens with zero attached hydrogens (tertiary/aromatic N) is 3. The molecule has 0 aliphatic heterocycles. The number of amides is 1. The Labute approximate surface area is 228 Å². The van der Waals surface area contributed by atoms with E-state index in [0.29, 0.717) is 28.5 Å². The molecular formula is C28H28N4O4S2. The standard InChI is InChI=1S/C28H28N4O4S2/c1-3-36-22-14-18(10-13-21(22)33)15-29-31-24(34)16-37-28-30-26-25(20-6-4-5-7-23(20)38-26)27(35)32(28)19-11-8-17(2)9-12-19/h8-15,33H,3-7,16H2,1-2H3,(H,31,34)/b29-15+. The van der Waals surface area contributed by atoms with Crippen molar-refractivity contribution in [3.63, 3.8) is 0 Å². The van der Waals surface area contributed by atoms with Crippen LogP contribution in [-0.4, -0.2) is 39.1 Å². The van der Waals surface area contributed by atoms with Crippen LogP contribution < -0.4 is 15.7 Å². The first-order chi connectivity index (χ1) is 18.4. The van der Waals surface area contributed by atoms with Crippen LogP contribution in [0.1, 0.15) is 41.3 Å². The molecule has 0 atom stereocenters. The van der Waals surface area contributed by atoms with Crippen LogP contribution in [0.5, 0.6) is 11.5 Å². The molecule has 1 aliphatic carbocycles. The maximum Gasteiger partial charge on any atom is 0.267 e. The quantitative estimate of drug-likeness (QED) is 0.139. The van der Waals surface area contributed by atoms with E-state index in [1.807, 2.05) is 38.1 Å². The summed E-state index contributed by atoms with van der Waals surface area (Å²) in [6, 6.07) is 12.6. The average molecular weight is 549 g/mol. The third-order valence-electron chi connectivity index (χ3n) is 6.27. The number of hydrogen-bond donors (Lipinski definition) is 2. The van der Waals surface area contributed by atoms with Crippen molar-refractivity contribution in [1.82, 2.24) is 15.0 Å². The lowest BCUT2D eigenvalue weighted by Gasteiger charge is -2.13. The number of benzene rings is 2. The lowest BCUT2D eigenvalue weighted by Crippen LogP contribution is -2.24. The molecule has 1 aliphatic rings. The van der Waals surface area contributed by atoms with Gasteiger partial charge in [-0.15, -0.1) is 11.3 Å². The second-order valence-electron chi connectivity index (χ2n) is 9.00. The van der Waals surface area contributed by atoms with Gasteiger partial charge in [0.2, 0.25) is 0 Å². The predicted octanol–water partition coefficient (Wildman–Crippen LogP) is 4.98. The second-order valence-corrected chi connectivity index (χ2v) is 11.0. The van der Waals surface area contributed by atoms with Crippen molar-refractivity contribution in [2.75, 3.05) is 12.4 Å². The number of hydrazone groups is 1. The van der Waals surface area contributed by atoms with Crippen molar-refractivity contribution < 1.29 is 14.6 Å². The first kappa shape index (κ1) is 26.0. The van der Waals surface area contributed by atoms with Crippen LogP contribution in [0.2, 0.25) is 0 Å². The molecule has 8 nitrogen and oxygen atoms in total. The van der Waals surface area contributed by atoms with E-state index in [0.717, 1.165) is 47.3 Å². The molecule has 0 bridgehead atoms. The highest BCUT2D eigenvalue weighted by Gasteiger charge is 2.23. The number of aromatic hydroxyl groups is 1. The average Bonchev–Trinajstić information content (AvgIpc) is 3.29. The Balaban J connectivity index is 1.38. The summed E-state index contributed by atoms with van der Waals surface area (Å²) in [7, 11) is 0. The number of carbonyl (C=O) groups is 1.